The number of quaternary nitrogens is 1. The number of rotatable bonds is 10. The molecule has 0 aliphatic rings. The van der Waals surface area contributed by atoms with Crippen molar-refractivity contribution in [3.63, 3.8) is 0 Å². The third kappa shape index (κ3) is 6.61. The summed E-state index contributed by atoms with van der Waals surface area (Å²) in [5.74, 6) is 1.10. The third-order valence-corrected chi connectivity index (χ3v) is 5.00. The van der Waals surface area contributed by atoms with Gasteiger partial charge in [-0.2, -0.15) is 0 Å². The Morgan fingerprint density at radius 3 is 2.28 bits per heavy atom. The summed E-state index contributed by atoms with van der Waals surface area (Å²) in [5, 5.41) is 2.91. The number of furan rings is 1. The van der Waals surface area contributed by atoms with E-state index in [1.807, 2.05) is 12.1 Å². The van der Waals surface area contributed by atoms with Crippen molar-refractivity contribution in [1.82, 2.24) is 5.32 Å². The van der Waals surface area contributed by atoms with Crippen molar-refractivity contribution >= 4 is 5.91 Å². The van der Waals surface area contributed by atoms with Gasteiger partial charge in [0, 0.05) is 17.7 Å². The lowest BCUT2D eigenvalue weighted by atomic mass is 10.1. The normalized spacial score (nSPS) is 11.9. The lowest BCUT2D eigenvalue weighted by molar-refractivity contribution is -0.942. The molecule has 0 saturated heterocycles. The Balaban J connectivity index is 1.69. The second kappa shape index (κ2) is 10.6. The van der Waals surface area contributed by atoms with E-state index >= 15 is 0 Å². The zero-order chi connectivity index (χ0) is 20.5. The Labute approximate surface area is 173 Å². The Morgan fingerprint density at radius 1 is 0.897 bits per heavy atom. The second-order valence-electron chi connectivity index (χ2n) is 7.63. The minimum absolute atomic E-state index is 0.132. The van der Waals surface area contributed by atoms with Crippen LogP contribution in [0.3, 0.4) is 0 Å². The standard InChI is InChI=1S/C25H30N2O2/c1-3-4-16-26-25(28)24-15-14-23(29-24)19-27(17-21-8-6-5-7-9-21)18-22-12-10-20(2)11-13-22/h5-15H,3-4,16-19H2,1-2H3,(H,26,28)/p+1. The Morgan fingerprint density at radius 2 is 1.59 bits per heavy atom. The number of carbonyl (C=O) groups excluding carboxylic acids is 1. The second-order valence-corrected chi connectivity index (χ2v) is 7.63. The van der Waals surface area contributed by atoms with E-state index in [9.17, 15) is 4.79 Å². The largest absolute Gasteiger partial charge is 0.450 e. The molecule has 1 aromatic heterocycles. The van der Waals surface area contributed by atoms with Crippen LogP contribution in [0.5, 0.6) is 0 Å². The first kappa shape index (κ1) is 20.9. The van der Waals surface area contributed by atoms with E-state index in [1.165, 1.54) is 21.6 Å². The van der Waals surface area contributed by atoms with Gasteiger partial charge in [-0.15, -0.1) is 0 Å². The predicted octanol–water partition coefficient (Wildman–Crippen LogP) is 3.90. The molecule has 0 aliphatic carbocycles. The molecule has 29 heavy (non-hydrogen) atoms. The number of amides is 1. The van der Waals surface area contributed by atoms with Crippen molar-refractivity contribution in [3.8, 4) is 0 Å². The van der Waals surface area contributed by atoms with Gasteiger partial charge in [-0.1, -0.05) is 73.5 Å². The molecular formula is C25H31N2O2+. The molecule has 0 bridgehead atoms. The van der Waals surface area contributed by atoms with E-state index in [0.29, 0.717) is 12.3 Å². The maximum absolute atomic E-state index is 12.2. The summed E-state index contributed by atoms with van der Waals surface area (Å²) in [6.45, 7) is 7.42. The van der Waals surface area contributed by atoms with Crippen LogP contribution in [0.4, 0.5) is 0 Å². The van der Waals surface area contributed by atoms with Crippen molar-refractivity contribution < 1.29 is 14.1 Å². The van der Waals surface area contributed by atoms with Gasteiger partial charge in [-0.3, -0.25) is 4.79 Å². The molecule has 1 unspecified atom stereocenters. The minimum atomic E-state index is -0.132. The maximum Gasteiger partial charge on any atom is 0.286 e. The topological polar surface area (TPSA) is 46.7 Å². The maximum atomic E-state index is 12.2. The van der Waals surface area contributed by atoms with Crippen LogP contribution in [0.25, 0.3) is 0 Å². The Hall–Kier alpha value is -2.85. The smallest absolute Gasteiger partial charge is 0.286 e. The molecule has 152 valence electrons. The highest BCUT2D eigenvalue weighted by Gasteiger charge is 2.17. The quantitative estimate of drug-likeness (QED) is 0.515. The number of benzene rings is 2. The van der Waals surface area contributed by atoms with E-state index in [1.54, 1.807) is 6.07 Å². The number of aryl methyl sites for hydroxylation is 1. The molecule has 1 heterocycles. The van der Waals surface area contributed by atoms with Gasteiger partial charge < -0.3 is 14.6 Å². The van der Waals surface area contributed by atoms with Gasteiger partial charge in [0.25, 0.3) is 5.91 Å². The lowest BCUT2D eigenvalue weighted by Crippen LogP contribution is -3.08. The van der Waals surface area contributed by atoms with Crippen LogP contribution < -0.4 is 10.2 Å². The first-order chi connectivity index (χ1) is 14.1. The van der Waals surface area contributed by atoms with Crippen LogP contribution in [0, 0.1) is 6.92 Å². The number of hydrogen-bond acceptors (Lipinski definition) is 2. The zero-order valence-corrected chi connectivity index (χ0v) is 17.4. The molecule has 0 saturated carbocycles. The van der Waals surface area contributed by atoms with Crippen molar-refractivity contribution in [1.29, 1.82) is 0 Å². The molecule has 3 aromatic rings. The van der Waals surface area contributed by atoms with E-state index in [4.69, 9.17) is 4.42 Å². The summed E-state index contributed by atoms with van der Waals surface area (Å²) in [6, 6.07) is 22.9. The summed E-state index contributed by atoms with van der Waals surface area (Å²) in [5.41, 5.74) is 3.85. The molecule has 2 aromatic carbocycles. The summed E-state index contributed by atoms with van der Waals surface area (Å²) in [6.07, 6.45) is 2.03. The number of hydrogen-bond donors (Lipinski definition) is 2. The van der Waals surface area contributed by atoms with E-state index in [-0.39, 0.29) is 5.91 Å². The van der Waals surface area contributed by atoms with E-state index in [0.717, 1.165) is 38.2 Å². The molecule has 0 spiro atoms. The zero-order valence-electron chi connectivity index (χ0n) is 17.4. The first-order valence-electron chi connectivity index (χ1n) is 10.4. The minimum Gasteiger partial charge on any atom is -0.450 e. The Kier molecular flexibility index (Phi) is 7.65. The average molecular weight is 392 g/mol. The van der Waals surface area contributed by atoms with E-state index in [2.05, 4.69) is 67.7 Å². The van der Waals surface area contributed by atoms with Crippen LogP contribution in [0.2, 0.25) is 0 Å². The fourth-order valence-electron chi connectivity index (χ4n) is 3.37. The highest BCUT2D eigenvalue weighted by atomic mass is 16.4. The fraction of sp³-hybridized carbons (Fsp3) is 0.320. The summed E-state index contributed by atoms with van der Waals surface area (Å²) < 4.78 is 5.87. The molecule has 0 radical (unpaired) electrons. The van der Waals surface area contributed by atoms with Crippen LogP contribution in [-0.2, 0) is 19.6 Å². The van der Waals surface area contributed by atoms with Gasteiger partial charge in [0.2, 0.25) is 0 Å². The van der Waals surface area contributed by atoms with Gasteiger partial charge >= 0.3 is 0 Å². The van der Waals surface area contributed by atoms with Crippen LogP contribution in [0.15, 0.2) is 71.1 Å². The van der Waals surface area contributed by atoms with Gasteiger partial charge in [0.05, 0.1) is 0 Å². The van der Waals surface area contributed by atoms with Gasteiger partial charge in [-0.25, -0.2) is 0 Å². The molecule has 1 atom stereocenters. The van der Waals surface area contributed by atoms with Crippen LogP contribution in [-0.4, -0.2) is 12.5 Å². The van der Waals surface area contributed by atoms with Crippen LogP contribution >= 0.6 is 0 Å². The number of unbranched alkanes of at least 4 members (excludes halogenated alkanes) is 1. The summed E-state index contributed by atoms with van der Waals surface area (Å²) in [7, 11) is 0. The molecule has 0 fully saturated rings. The summed E-state index contributed by atoms with van der Waals surface area (Å²) in [4.78, 5) is 13.6. The van der Waals surface area contributed by atoms with Crippen molar-refractivity contribution in [2.75, 3.05) is 6.54 Å². The first-order valence-corrected chi connectivity index (χ1v) is 10.4. The van der Waals surface area contributed by atoms with Crippen molar-refractivity contribution in [2.45, 2.75) is 46.3 Å². The number of nitrogens with one attached hydrogen (secondary N) is 2. The molecule has 3 rings (SSSR count). The monoisotopic (exact) mass is 391 g/mol. The van der Waals surface area contributed by atoms with Gasteiger partial charge in [0.1, 0.15) is 19.6 Å². The molecule has 4 nitrogen and oxygen atoms in total. The SMILES string of the molecule is CCCCNC(=O)c1ccc(C[NH+](Cc2ccccc2)Cc2ccc(C)cc2)o1. The van der Waals surface area contributed by atoms with Gasteiger partial charge in [0.15, 0.2) is 11.5 Å². The van der Waals surface area contributed by atoms with Crippen molar-refractivity contribution in [3.05, 3.63) is 94.9 Å². The van der Waals surface area contributed by atoms with Gasteiger partial charge in [-0.05, 0) is 25.5 Å². The fourth-order valence-corrected chi connectivity index (χ4v) is 3.37. The Bertz CT molecular complexity index is 885. The number of carbonyl (C=O) groups is 1. The average Bonchev–Trinajstić information content (AvgIpc) is 3.19. The predicted molar refractivity (Wildman–Crippen MR) is 116 cm³/mol. The molecular weight excluding hydrogens is 360 g/mol. The lowest BCUT2D eigenvalue weighted by Gasteiger charge is -2.19. The third-order valence-electron chi connectivity index (χ3n) is 5.00. The molecule has 1 amide bonds. The van der Waals surface area contributed by atoms with Crippen molar-refractivity contribution in [2.24, 2.45) is 0 Å². The molecule has 0 aliphatic heterocycles. The highest BCUT2D eigenvalue weighted by Crippen LogP contribution is 2.08. The van der Waals surface area contributed by atoms with E-state index < -0.39 is 0 Å². The summed E-state index contributed by atoms with van der Waals surface area (Å²) >= 11 is 0. The molecule has 2 N–H and O–H groups in total. The highest BCUT2D eigenvalue weighted by molar-refractivity contribution is 5.91. The van der Waals surface area contributed by atoms with Crippen LogP contribution in [0.1, 0.15) is 52.8 Å². The molecule has 4 heteroatoms.